The van der Waals surface area contributed by atoms with Crippen LogP contribution in [0.1, 0.15) is 18.1 Å². The zero-order valence-electron chi connectivity index (χ0n) is 9.33. The number of ether oxygens (including phenoxy) is 1. The van der Waals surface area contributed by atoms with Crippen LogP contribution in [0.4, 0.5) is 8.78 Å². The Bertz CT molecular complexity index is 385. The van der Waals surface area contributed by atoms with Crippen LogP contribution < -0.4 is 5.73 Å². The average molecular weight is 243 g/mol. The summed E-state index contributed by atoms with van der Waals surface area (Å²) in [6, 6.07) is 3.03. The van der Waals surface area contributed by atoms with Crippen LogP contribution in [-0.4, -0.2) is 24.9 Å². The van der Waals surface area contributed by atoms with E-state index in [0.29, 0.717) is 19.6 Å². The van der Waals surface area contributed by atoms with Crippen molar-refractivity contribution in [2.24, 2.45) is 11.1 Å². The maximum Gasteiger partial charge on any atom is 0.126 e. The first-order valence-electron chi connectivity index (χ1n) is 5.49. The zero-order valence-corrected chi connectivity index (χ0v) is 9.33. The lowest BCUT2D eigenvalue weighted by Gasteiger charge is -2.31. The number of hydrogen-bond acceptors (Lipinski definition) is 3. The Kier molecular flexibility index (Phi) is 3.42. The second kappa shape index (κ2) is 4.68. The monoisotopic (exact) mass is 243 g/mol. The molecule has 1 heterocycles. The largest absolute Gasteiger partial charge is 0.388 e. The van der Waals surface area contributed by atoms with Crippen LogP contribution in [0.3, 0.4) is 0 Å². The van der Waals surface area contributed by atoms with Crippen molar-refractivity contribution >= 4 is 0 Å². The van der Waals surface area contributed by atoms with Crippen LogP contribution in [0.15, 0.2) is 18.2 Å². The lowest BCUT2D eigenvalue weighted by Crippen LogP contribution is -2.37. The number of benzene rings is 1. The van der Waals surface area contributed by atoms with Gasteiger partial charge in [0.25, 0.3) is 0 Å². The number of nitrogens with two attached hydrogens (primary N) is 1. The molecular weight excluding hydrogens is 228 g/mol. The summed E-state index contributed by atoms with van der Waals surface area (Å²) in [5.74, 6) is -1.41. The maximum atomic E-state index is 13.1. The molecule has 1 aromatic rings. The molecule has 0 aromatic heterocycles. The van der Waals surface area contributed by atoms with E-state index in [-0.39, 0.29) is 12.1 Å². The molecule has 2 unspecified atom stereocenters. The lowest BCUT2D eigenvalue weighted by molar-refractivity contribution is 0.0187. The third kappa shape index (κ3) is 2.31. The number of hydrogen-bond donors (Lipinski definition) is 2. The summed E-state index contributed by atoms with van der Waals surface area (Å²) in [6.07, 6.45) is -0.428. The molecule has 94 valence electrons. The fraction of sp³-hybridized carbons (Fsp3) is 0.500. The summed E-state index contributed by atoms with van der Waals surface area (Å²) in [4.78, 5) is 0. The number of rotatable bonds is 3. The minimum atomic E-state index is -1.01. The Morgan fingerprint density at radius 3 is 2.47 bits per heavy atom. The van der Waals surface area contributed by atoms with Crippen molar-refractivity contribution in [3.8, 4) is 0 Å². The molecule has 2 atom stereocenters. The second-order valence-electron chi connectivity index (χ2n) is 4.47. The van der Waals surface area contributed by atoms with Gasteiger partial charge in [0.05, 0.1) is 12.7 Å². The van der Waals surface area contributed by atoms with Gasteiger partial charge in [0, 0.05) is 24.6 Å². The van der Waals surface area contributed by atoms with Crippen molar-refractivity contribution in [1.29, 1.82) is 0 Å². The van der Waals surface area contributed by atoms with Crippen molar-refractivity contribution in [3.05, 3.63) is 35.4 Å². The van der Waals surface area contributed by atoms with Gasteiger partial charge in [-0.25, -0.2) is 8.78 Å². The summed E-state index contributed by atoms with van der Waals surface area (Å²) in [5, 5.41) is 10.2. The first kappa shape index (κ1) is 12.4. The highest BCUT2D eigenvalue weighted by Gasteiger charge is 2.41. The molecule has 0 spiro atoms. The van der Waals surface area contributed by atoms with E-state index in [4.69, 9.17) is 10.5 Å². The molecule has 1 aliphatic rings. The molecule has 0 saturated carbocycles. The van der Waals surface area contributed by atoms with Gasteiger partial charge in [0.1, 0.15) is 11.6 Å². The summed E-state index contributed by atoms with van der Waals surface area (Å²) in [7, 11) is 0. The molecule has 0 bridgehead atoms. The van der Waals surface area contributed by atoms with Crippen LogP contribution in [-0.2, 0) is 4.74 Å². The van der Waals surface area contributed by atoms with E-state index in [0.717, 1.165) is 18.2 Å². The van der Waals surface area contributed by atoms with E-state index in [1.807, 2.05) is 0 Å². The molecule has 3 nitrogen and oxygen atoms in total. The zero-order chi connectivity index (χ0) is 12.5. The van der Waals surface area contributed by atoms with E-state index in [9.17, 15) is 13.9 Å². The van der Waals surface area contributed by atoms with Gasteiger partial charge in [-0.05, 0) is 24.1 Å². The summed E-state index contributed by atoms with van der Waals surface area (Å²) in [6.45, 7) is 1.03. The molecule has 5 heteroatoms. The van der Waals surface area contributed by atoms with Gasteiger partial charge in [-0.3, -0.25) is 0 Å². The second-order valence-corrected chi connectivity index (χ2v) is 4.47. The number of halogens is 2. The van der Waals surface area contributed by atoms with Gasteiger partial charge in [-0.2, -0.15) is 0 Å². The van der Waals surface area contributed by atoms with Gasteiger partial charge >= 0.3 is 0 Å². The van der Waals surface area contributed by atoms with Crippen LogP contribution >= 0.6 is 0 Å². The SMILES string of the molecule is NCC1(C(O)c2cc(F)cc(F)c2)CCOC1. The Morgan fingerprint density at radius 1 is 1.35 bits per heavy atom. The Balaban J connectivity index is 2.32. The topological polar surface area (TPSA) is 55.5 Å². The molecule has 2 rings (SSSR count). The average Bonchev–Trinajstić information content (AvgIpc) is 2.76. The standard InChI is InChI=1S/C12H15F2NO2/c13-9-3-8(4-10(14)5-9)11(16)12(6-15)1-2-17-7-12/h3-5,11,16H,1-2,6-7,15H2. The molecule has 17 heavy (non-hydrogen) atoms. The predicted molar refractivity (Wildman–Crippen MR) is 58.2 cm³/mol. The van der Waals surface area contributed by atoms with Crippen molar-refractivity contribution < 1.29 is 18.6 Å². The van der Waals surface area contributed by atoms with E-state index >= 15 is 0 Å². The van der Waals surface area contributed by atoms with Gasteiger partial charge < -0.3 is 15.6 Å². The predicted octanol–water partition coefficient (Wildman–Crippen LogP) is 1.36. The van der Waals surface area contributed by atoms with Crippen molar-refractivity contribution in [2.45, 2.75) is 12.5 Å². The summed E-state index contributed by atoms with van der Waals surface area (Å²) < 4.78 is 31.4. The minimum absolute atomic E-state index is 0.207. The highest BCUT2D eigenvalue weighted by atomic mass is 19.1. The van der Waals surface area contributed by atoms with Gasteiger partial charge in [-0.1, -0.05) is 0 Å². The molecular formula is C12H15F2NO2. The van der Waals surface area contributed by atoms with Crippen LogP contribution in [0.25, 0.3) is 0 Å². The van der Waals surface area contributed by atoms with Crippen LogP contribution in [0, 0.1) is 17.0 Å². The third-order valence-corrected chi connectivity index (χ3v) is 3.32. The van der Waals surface area contributed by atoms with Crippen LogP contribution in [0.2, 0.25) is 0 Å². The van der Waals surface area contributed by atoms with Crippen LogP contribution in [0.5, 0.6) is 0 Å². The molecule has 0 radical (unpaired) electrons. The van der Waals surface area contributed by atoms with E-state index in [2.05, 4.69) is 0 Å². The molecule has 1 aromatic carbocycles. The van der Waals surface area contributed by atoms with Crippen molar-refractivity contribution in [3.63, 3.8) is 0 Å². The fourth-order valence-electron chi connectivity index (χ4n) is 2.20. The number of aliphatic hydroxyl groups excluding tert-OH is 1. The highest BCUT2D eigenvalue weighted by Crippen LogP contribution is 2.40. The molecule has 1 aliphatic heterocycles. The first-order valence-corrected chi connectivity index (χ1v) is 5.49. The third-order valence-electron chi connectivity index (χ3n) is 3.32. The van der Waals surface area contributed by atoms with E-state index in [1.54, 1.807) is 0 Å². The van der Waals surface area contributed by atoms with Gasteiger partial charge in [0.2, 0.25) is 0 Å². The van der Waals surface area contributed by atoms with E-state index in [1.165, 1.54) is 0 Å². The lowest BCUT2D eigenvalue weighted by atomic mass is 9.78. The molecule has 1 fully saturated rings. The first-order chi connectivity index (χ1) is 8.07. The van der Waals surface area contributed by atoms with Crippen molar-refractivity contribution in [2.75, 3.05) is 19.8 Å². The molecule has 1 saturated heterocycles. The Morgan fingerprint density at radius 2 is 2.00 bits per heavy atom. The summed E-state index contributed by atoms with van der Waals surface area (Å²) >= 11 is 0. The van der Waals surface area contributed by atoms with E-state index < -0.39 is 23.2 Å². The fourth-order valence-corrected chi connectivity index (χ4v) is 2.20. The molecule has 0 amide bonds. The van der Waals surface area contributed by atoms with Crippen molar-refractivity contribution in [1.82, 2.24) is 0 Å². The van der Waals surface area contributed by atoms with Gasteiger partial charge in [-0.15, -0.1) is 0 Å². The molecule has 0 aliphatic carbocycles. The summed E-state index contributed by atoms with van der Waals surface area (Å²) in [5.41, 5.74) is 5.22. The Hall–Kier alpha value is -1.04. The highest BCUT2D eigenvalue weighted by molar-refractivity contribution is 5.22. The normalized spacial score (nSPS) is 26.1. The molecule has 3 N–H and O–H groups in total. The van der Waals surface area contributed by atoms with Gasteiger partial charge in [0.15, 0.2) is 0 Å². The quantitative estimate of drug-likeness (QED) is 0.842. The smallest absolute Gasteiger partial charge is 0.126 e. The maximum absolute atomic E-state index is 13.1. The Labute approximate surface area is 98.2 Å². The minimum Gasteiger partial charge on any atom is -0.388 e. The number of aliphatic hydroxyl groups is 1.